The summed E-state index contributed by atoms with van der Waals surface area (Å²) in [6.07, 6.45) is 2.29. The van der Waals surface area contributed by atoms with Gasteiger partial charge in [-0.1, -0.05) is 83.9 Å². The first kappa shape index (κ1) is 25.7. The minimum absolute atomic E-state index is 0.0460. The lowest BCUT2D eigenvalue weighted by molar-refractivity contribution is -0.118. The van der Waals surface area contributed by atoms with E-state index in [0.717, 1.165) is 33.3 Å². The summed E-state index contributed by atoms with van der Waals surface area (Å²) in [5.41, 5.74) is 6.75. The minimum atomic E-state index is -0.740. The number of pyridine rings is 1. The maximum atomic E-state index is 13.3. The van der Waals surface area contributed by atoms with E-state index < -0.39 is 12.1 Å². The number of aromatic nitrogens is 1. The lowest BCUT2D eigenvalue weighted by Gasteiger charge is -2.20. The van der Waals surface area contributed by atoms with Crippen molar-refractivity contribution >= 4 is 33.6 Å². The molecule has 1 heterocycles. The Morgan fingerprint density at radius 3 is 2.26 bits per heavy atom. The molecule has 0 aliphatic heterocycles. The van der Waals surface area contributed by atoms with Crippen molar-refractivity contribution in [1.82, 2.24) is 10.3 Å². The lowest BCUT2D eigenvalue weighted by Crippen LogP contribution is -2.44. The molecule has 1 unspecified atom stereocenters. The molecule has 0 radical (unpaired) electrons. The fraction of sp³-hybridized carbons (Fsp3) is 0.194. The van der Waals surface area contributed by atoms with Gasteiger partial charge in [-0.3, -0.25) is 9.78 Å². The van der Waals surface area contributed by atoms with Crippen LogP contribution in [0.4, 0.5) is 10.5 Å². The van der Waals surface area contributed by atoms with Crippen LogP contribution in [0.2, 0.25) is 0 Å². The minimum Gasteiger partial charge on any atom is -0.449 e. The fourth-order valence-electron chi connectivity index (χ4n) is 4.92. The average molecular weight is 570 g/mol. The molecule has 2 amide bonds. The number of anilines is 1. The second kappa shape index (κ2) is 11.6. The van der Waals surface area contributed by atoms with Crippen molar-refractivity contribution in [2.24, 2.45) is 0 Å². The number of ether oxygens (including phenoxy) is 1. The van der Waals surface area contributed by atoms with E-state index in [9.17, 15) is 9.59 Å². The Kier molecular flexibility index (Phi) is 7.84. The van der Waals surface area contributed by atoms with Gasteiger partial charge in [-0.25, -0.2) is 4.79 Å². The van der Waals surface area contributed by atoms with Gasteiger partial charge in [0.05, 0.1) is 11.4 Å². The predicted molar refractivity (Wildman–Crippen MR) is 153 cm³/mol. The maximum Gasteiger partial charge on any atom is 0.407 e. The highest BCUT2D eigenvalue weighted by atomic mass is 79.9. The topological polar surface area (TPSA) is 80.3 Å². The number of alkyl carbamates (subject to hydrolysis) is 1. The summed E-state index contributed by atoms with van der Waals surface area (Å²) >= 11 is 3.50. The Balaban J connectivity index is 1.27. The molecule has 0 saturated carbocycles. The van der Waals surface area contributed by atoms with Crippen LogP contribution in [0.5, 0.6) is 0 Å². The van der Waals surface area contributed by atoms with Gasteiger partial charge >= 0.3 is 6.09 Å². The van der Waals surface area contributed by atoms with Crippen LogP contribution in [0.1, 0.15) is 36.8 Å². The molecule has 2 N–H and O–H groups in total. The molecule has 0 bridgehead atoms. The Morgan fingerprint density at radius 1 is 0.921 bits per heavy atom. The van der Waals surface area contributed by atoms with Crippen LogP contribution >= 0.6 is 15.9 Å². The zero-order valence-electron chi connectivity index (χ0n) is 21.0. The van der Waals surface area contributed by atoms with Crippen molar-refractivity contribution in [2.45, 2.75) is 31.7 Å². The quantitative estimate of drug-likeness (QED) is 0.236. The normalized spacial score (nSPS) is 12.8. The van der Waals surface area contributed by atoms with Crippen molar-refractivity contribution in [2.75, 3.05) is 11.9 Å². The van der Waals surface area contributed by atoms with Gasteiger partial charge in [0.1, 0.15) is 12.6 Å². The number of fused-ring (bicyclic) bond motifs is 3. The highest BCUT2D eigenvalue weighted by Gasteiger charge is 2.30. The van der Waals surface area contributed by atoms with Gasteiger partial charge in [-0.15, -0.1) is 0 Å². The Bertz CT molecular complexity index is 1410. The van der Waals surface area contributed by atoms with E-state index in [4.69, 9.17) is 4.74 Å². The summed E-state index contributed by atoms with van der Waals surface area (Å²) in [5, 5.41) is 5.76. The van der Waals surface area contributed by atoms with Crippen LogP contribution in [0.3, 0.4) is 0 Å². The van der Waals surface area contributed by atoms with Crippen molar-refractivity contribution in [1.29, 1.82) is 0 Å². The zero-order chi connectivity index (χ0) is 26.5. The molecule has 5 rings (SSSR count). The van der Waals surface area contributed by atoms with Gasteiger partial charge in [0.15, 0.2) is 0 Å². The number of amides is 2. The highest BCUT2D eigenvalue weighted by Crippen LogP contribution is 2.44. The van der Waals surface area contributed by atoms with Gasteiger partial charge in [-0.05, 0) is 59.0 Å². The summed E-state index contributed by atoms with van der Waals surface area (Å²) in [4.78, 5) is 30.6. The molecule has 1 aromatic heterocycles. The van der Waals surface area contributed by atoms with E-state index in [-0.39, 0.29) is 18.4 Å². The third kappa shape index (κ3) is 5.48. The number of halogens is 1. The number of carbonyl (C=O) groups is 2. The zero-order valence-corrected chi connectivity index (χ0v) is 22.6. The van der Waals surface area contributed by atoms with E-state index in [1.165, 1.54) is 11.1 Å². The number of rotatable bonds is 8. The van der Waals surface area contributed by atoms with Crippen LogP contribution < -0.4 is 10.6 Å². The van der Waals surface area contributed by atoms with Gasteiger partial charge in [-0.2, -0.15) is 0 Å². The largest absolute Gasteiger partial charge is 0.449 e. The van der Waals surface area contributed by atoms with Gasteiger partial charge in [0.2, 0.25) is 5.91 Å². The van der Waals surface area contributed by atoms with E-state index in [2.05, 4.69) is 55.8 Å². The Labute approximate surface area is 230 Å². The third-order valence-electron chi connectivity index (χ3n) is 6.71. The number of nitrogens with zero attached hydrogens (tertiary/aromatic N) is 1. The summed E-state index contributed by atoms with van der Waals surface area (Å²) in [6.45, 7) is 2.16. The van der Waals surface area contributed by atoms with Crippen LogP contribution in [-0.2, 0) is 9.53 Å². The Hall–Kier alpha value is -3.97. The molecular formula is C31H28BrN3O3. The predicted octanol–water partition coefficient (Wildman–Crippen LogP) is 7.16. The highest BCUT2D eigenvalue weighted by molar-refractivity contribution is 9.10. The van der Waals surface area contributed by atoms with E-state index in [1.807, 2.05) is 67.6 Å². The standard InChI is InChI=1S/C31H28BrN3O3/c1-2-9-29(30(36)34-28-16-15-20(32)18-25(28)27-14-7-8-17-33-27)35-31(37)38-19-26-23-12-5-3-10-21(23)22-11-4-6-13-24(22)26/h3-8,10-18,26,29H,2,9,19H2,1H3,(H,34,36)(H,35,37). The summed E-state index contributed by atoms with van der Waals surface area (Å²) in [5.74, 6) is -0.352. The van der Waals surface area contributed by atoms with Crippen LogP contribution in [0, 0.1) is 0 Å². The Morgan fingerprint density at radius 2 is 1.61 bits per heavy atom. The summed E-state index contributed by atoms with van der Waals surface area (Å²) < 4.78 is 6.55. The summed E-state index contributed by atoms with van der Waals surface area (Å²) in [6, 6.07) is 26.8. The van der Waals surface area contributed by atoms with Crippen molar-refractivity contribution in [3.05, 3.63) is 107 Å². The van der Waals surface area contributed by atoms with Crippen molar-refractivity contribution < 1.29 is 14.3 Å². The van der Waals surface area contributed by atoms with Gasteiger partial charge in [0.25, 0.3) is 0 Å². The van der Waals surface area contributed by atoms with Crippen molar-refractivity contribution in [3.63, 3.8) is 0 Å². The molecule has 4 aromatic rings. The molecule has 192 valence electrons. The fourth-order valence-corrected chi connectivity index (χ4v) is 5.28. The van der Waals surface area contributed by atoms with Gasteiger partial charge in [0, 0.05) is 22.2 Å². The molecule has 7 heteroatoms. The summed E-state index contributed by atoms with van der Waals surface area (Å²) in [7, 11) is 0. The van der Waals surface area contributed by atoms with Crippen LogP contribution in [-0.4, -0.2) is 29.6 Å². The average Bonchev–Trinajstić information content (AvgIpc) is 3.26. The second-order valence-electron chi connectivity index (χ2n) is 9.21. The molecule has 3 aromatic carbocycles. The van der Waals surface area contributed by atoms with E-state index in [0.29, 0.717) is 12.1 Å². The lowest BCUT2D eigenvalue weighted by atomic mass is 9.98. The third-order valence-corrected chi connectivity index (χ3v) is 7.20. The van der Waals surface area contributed by atoms with Crippen LogP contribution in [0.15, 0.2) is 95.6 Å². The first-order valence-electron chi connectivity index (χ1n) is 12.7. The van der Waals surface area contributed by atoms with E-state index >= 15 is 0 Å². The molecule has 0 fully saturated rings. The first-order valence-corrected chi connectivity index (χ1v) is 13.5. The van der Waals surface area contributed by atoms with Crippen molar-refractivity contribution in [3.8, 4) is 22.4 Å². The SMILES string of the molecule is CCCC(NC(=O)OCC1c2ccccc2-c2ccccc21)C(=O)Nc1ccc(Br)cc1-c1ccccn1. The smallest absolute Gasteiger partial charge is 0.407 e. The second-order valence-corrected chi connectivity index (χ2v) is 10.1. The number of hydrogen-bond donors (Lipinski definition) is 2. The van der Waals surface area contributed by atoms with Gasteiger partial charge < -0.3 is 15.4 Å². The first-order chi connectivity index (χ1) is 18.5. The number of nitrogens with one attached hydrogen (secondary N) is 2. The molecule has 1 atom stereocenters. The monoisotopic (exact) mass is 569 g/mol. The maximum absolute atomic E-state index is 13.3. The molecule has 1 aliphatic rings. The molecule has 0 spiro atoms. The number of benzene rings is 3. The molecule has 0 saturated heterocycles. The molecule has 1 aliphatic carbocycles. The molecular weight excluding hydrogens is 542 g/mol. The van der Waals surface area contributed by atoms with E-state index in [1.54, 1.807) is 6.20 Å². The number of hydrogen-bond acceptors (Lipinski definition) is 4. The molecule has 6 nitrogen and oxygen atoms in total. The molecule has 38 heavy (non-hydrogen) atoms. The number of carbonyl (C=O) groups excluding carboxylic acids is 2. The van der Waals surface area contributed by atoms with Crippen LogP contribution in [0.25, 0.3) is 22.4 Å².